The van der Waals surface area contributed by atoms with Crippen molar-refractivity contribution in [3.63, 3.8) is 0 Å². The van der Waals surface area contributed by atoms with Crippen molar-refractivity contribution in [2.24, 2.45) is 5.92 Å². The predicted molar refractivity (Wildman–Crippen MR) is 112 cm³/mol. The summed E-state index contributed by atoms with van der Waals surface area (Å²) < 4.78 is 1.87. The van der Waals surface area contributed by atoms with Crippen molar-refractivity contribution in [3.8, 4) is 5.69 Å². The molecular weight excluding hydrogens is 386 g/mol. The van der Waals surface area contributed by atoms with Crippen LogP contribution >= 0.6 is 11.8 Å². The van der Waals surface area contributed by atoms with Crippen LogP contribution in [0.15, 0.2) is 35.5 Å². The summed E-state index contributed by atoms with van der Waals surface area (Å²) in [6, 6.07) is 9.65. The number of thioether (sulfide) groups is 1. The number of aromatic nitrogens is 3. The van der Waals surface area contributed by atoms with Gasteiger partial charge in [0.25, 0.3) is 0 Å². The van der Waals surface area contributed by atoms with E-state index in [4.69, 9.17) is 0 Å². The Labute approximate surface area is 175 Å². The van der Waals surface area contributed by atoms with Gasteiger partial charge < -0.3 is 5.32 Å². The average Bonchev–Trinajstić information content (AvgIpc) is 3.48. The second-order valence-corrected chi connectivity index (χ2v) is 8.90. The fraction of sp³-hybridized carbons (Fsp3) is 0.524. The van der Waals surface area contributed by atoms with Gasteiger partial charge in [0.05, 0.1) is 11.4 Å². The van der Waals surface area contributed by atoms with Crippen molar-refractivity contribution in [1.82, 2.24) is 25.4 Å². The molecule has 0 aliphatic heterocycles. The molecule has 0 bridgehead atoms. The molecule has 4 rings (SSSR count). The minimum atomic E-state index is -0.407. The highest BCUT2D eigenvalue weighted by Gasteiger charge is 2.30. The minimum absolute atomic E-state index is 0.108. The van der Waals surface area contributed by atoms with Crippen LogP contribution in [0.5, 0.6) is 0 Å². The number of urea groups is 1. The van der Waals surface area contributed by atoms with Gasteiger partial charge in [-0.15, -0.1) is 5.10 Å². The molecule has 2 aliphatic rings. The van der Waals surface area contributed by atoms with Crippen LogP contribution in [-0.4, -0.2) is 38.5 Å². The molecule has 2 N–H and O–H groups in total. The van der Waals surface area contributed by atoms with Crippen LogP contribution in [0.1, 0.15) is 57.2 Å². The van der Waals surface area contributed by atoms with Gasteiger partial charge in [-0.25, -0.2) is 14.5 Å². The fourth-order valence-electron chi connectivity index (χ4n) is 3.76. The van der Waals surface area contributed by atoms with Crippen LogP contribution in [-0.2, 0) is 4.79 Å². The number of imide groups is 1. The summed E-state index contributed by atoms with van der Waals surface area (Å²) in [6.07, 6.45) is 6.67. The topological polar surface area (TPSA) is 88.9 Å². The molecule has 1 heterocycles. The van der Waals surface area contributed by atoms with Gasteiger partial charge in [-0.05, 0) is 43.7 Å². The van der Waals surface area contributed by atoms with Gasteiger partial charge in [-0.2, -0.15) is 0 Å². The Morgan fingerprint density at radius 3 is 2.62 bits per heavy atom. The second kappa shape index (κ2) is 8.98. The lowest BCUT2D eigenvalue weighted by Gasteiger charge is -2.29. The van der Waals surface area contributed by atoms with E-state index in [1.54, 1.807) is 0 Å². The van der Waals surface area contributed by atoms with E-state index in [1.165, 1.54) is 18.2 Å². The highest BCUT2D eigenvalue weighted by molar-refractivity contribution is 7.99. The number of amides is 3. The highest BCUT2D eigenvalue weighted by atomic mass is 32.2. The van der Waals surface area contributed by atoms with Crippen molar-refractivity contribution in [2.75, 3.05) is 5.75 Å². The van der Waals surface area contributed by atoms with E-state index in [-0.39, 0.29) is 17.7 Å². The fourth-order valence-corrected chi connectivity index (χ4v) is 4.39. The van der Waals surface area contributed by atoms with E-state index in [2.05, 4.69) is 27.6 Å². The Kier molecular flexibility index (Phi) is 6.18. The lowest BCUT2D eigenvalue weighted by atomic mass is 9.86. The van der Waals surface area contributed by atoms with E-state index < -0.39 is 6.03 Å². The van der Waals surface area contributed by atoms with E-state index in [9.17, 15) is 9.59 Å². The van der Waals surface area contributed by atoms with Crippen molar-refractivity contribution in [2.45, 2.75) is 62.6 Å². The summed E-state index contributed by atoms with van der Waals surface area (Å²) in [7, 11) is 0. The zero-order chi connectivity index (χ0) is 20.2. The quantitative estimate of drug-likeness (QED) is 0.706. The molecule has 154 valence electrons. The number of hydrogen-bond acceptors (Lipinski definition) is 5. The molecule has 2 saturated carbocycles. The van der Waals surface area contributed by atoms with Crippen LogP contribution in [0.25, 0.3) is 5.69 Å². The summed E-state index contributed by atoms with van der Waals surface area (Å²) in [6.45, 7) is 2.15. The largest absolute Gasteiger partial charge is 0.335 e. The first kappa shape index (κ1) is 19.9. The molecule has 0 spiro atoms. The van der Waals surface area contributed by atoms with E-state index in [0.717, 1.165) is 43.6 Å². The molecule has 7 nitrogen and oxygen atoms in total. The van der Waals surface area contributed by atoms with Gasteiger partial charge in [0.1, 0.15) is 5.82 Å². The molecular formula is C21H27N5O2S. The van der Waals surface area contributed by atoms with Crippen LogP contribution in [0.3, 0.4) is 0 Å². The first-order valence-corrected chi connectivity index (χ1v) is 11.3. The molecule has 2 aliphatic carbocycles. The maximum atomic E-state index is 12.2. The molecule has 8 heteroatoms. The summed E-state index contributed by atoms with van der Waals surface area (Å²) >= 11 is 1.26. The Balaban J connectivity index is 1.32. The maximum Gasteiger partial charge on any atom is 0.321 e. The number of nitrogens with one attached hydrogen (secondary N) is 2. The van der Waals surface area contributed by atoms with E-state index in [1.807, 2.05) is 35.0 Å². The first-order valence-electron chi connectivity index (χ1n) is 10.4. The molecule has 29 heavy (non-hydrogen) atoms. The number of para-hydroxylation sites is 1. The zero-order valence-corrected chi connectivity index (χ0v) is 17.5. The molecule has 2 fully saturated rings. The van der Waals surface area contributed by atoms with Crippen molar-refractivity contribution in [1.29, 1.82) is 0 Å². The number of nitrogens with zero attached hydrogens (tertiary/aromatic N) is 3. The number of carbonyl (C=O) groups is 2. The third-order valence-electron chi connectivity index (χ3n) is 5.57. The lowest BCUT2D eigenvalue weighted by molar-refractivity contribution is -0.117. The number of hydrogen-bond donors (Lipinski definition) is 2. The predicted octanol–water partition coefficient (Wildman–Crippen LogP) is 3.64. The van der Waals surface area contributed by atoms with Crippen LogP contribution in [0.4, 0.5) is 4.79 Å². The molecule has 1 aromatic carbocycles. The standard InChI is InChI=1S/C21H27N5O2S/c1-14-7-5-6-10-17(14)22-20(28)23-18(27)13-29-21-24-19(15-11-12-15)26(25-21)16-8-3-2-4-9-16/h2-4,8-9,14-15,17H,5-7,10-13H2,1H3,(H2,22,23,27,28)/t14-,17-/m0/s1. The van der Waals surface area contributed by atoms with E-state index >= 15 is 0 Å². The van der Waals surface area contributed by atoms with Gasteiger partial charge in [-0.3, -0.25) is 10.1 Å². The molecule has 0 unspecified atom stereocenters. The molecule has 3 amide bonds. The van der Waals surface area contributed by atoms with Gasteiger partial charge in [0, 0.05) is 12.0 Å². The monoisotopic (exact) mass is 413 g/mol. The number of rotatable bonds is 6. The van der Waals surface area contributed by atoms with Crippen LogP contribution < -0.4 is 10.6 Å². The average molecular weight is 414 g/mol. The molecule has 0 saturated heterocycles. The lowest BCUT2D eigenvalue weighted by Crippen LogP contribution is -2.48. The SMILES string of the molecule is C[C@H]1CCCC[C@@H]1NC(=O)NC(=O)CSc1nc(C2CC2)n(-c2ccccc2)n1. The third-order valence-corrected chi connectivity index (χ3v) is 6.41. The normalized spacial score (nSPS) is 21.6. The van der Waals surface area contributed by atoms with Gasteiger partial charge in [-0.1, -0.05) is 49.7 Å². The second-order valence-electron chi connectivity index (χ2n) is 7.95. The Morgan fingerprint density at radius 1 is 1.14 bits per heavy atom. The van der Waals surface area contributed by atoms with Crippen LogP contribution in [0.2, 0.25) is 0 Å². The summed E-state index contributed by atoms with van der Waals surface area (Å²) in [5.74, 6) is 1.61. The van der Waals surface area contributed by atoms with Gasteiger partial charge in [0.2, 0.25) is 11.1 Å². The Morgan fingerprint density at radius 2 is 1.90 bits per heavy atom. The Bertz CT molecular complexity index is 865. The van der Waals surface area contributed by atoms with E-state index in [0.29, 0.717) is 17.0 Å². The summed E-state index contributed by atoms with van der Waals surface area (Å²) in [5, 5.41) is 10.5. The van der Waals surface area contributed by atoms with Gasteiger partial charge >= 0.3 is 6.03 Å². The number of benzene rings is 1. The molecule has 0 radical (unpaired) electrons. The highest BCUT2D eigenvalue weighted by Crippen LogP contribution is 2.40. The number of carbonyl (C=O) groups excluding carboxylic acids is 2. The van der Waals surface area contributed by atoms with Crippen molar-refractivity contribution in [3.05, 3.63) is 36.2 Å². The zero-order valence-electron chi connectivity index (χ0n) is 16.6. The summed E-state index contributed by atoms with van der Waals surface area (Å²) in [4.78, 5) is 29.0. The third kappa shape index (κ3) is 5.18. The maximum absolute atomic E-state index is 12.2. The minimum Gasteiger partial charge on any atom is -0.335 e. The smallest absolute Gasteiger partial charge is 0.321 e. The molecule has 1 aromatic heterocycles. The van der Waals surface area contributed by atoms with Gasteiger partial charge in [0.15, 0.2) is 0 Å². The first-order chi connectivity index (χ1) is 14.1. The molecule has 2 aromatic rings. The summed E-state index contributed by atoms with van der Waals surface area (Å²) in [5.41, 5.74) is 0.971. The van der Waals surface area contributed by atoms with Crippen molar-refractivity contribution < 1.29 is 9.59 Å². The van der Waals surface area contributed by atoms with Crippen LogP contribution in [0, 0.1) is 5.92 Å². The Hall–Kier alpha value is -2.35. The van der Waals surface area contributed by atoms with Crippen molar-refractivity contribution >= 4 is 23.7 Å². The molecule has 2 atom stereocenters.